The van der Waals surface area contributed by atoms with Crippen molar-refractivity contribution < 1.29 is 15.0 Å². The molecule has 2 N–H and O–H groups in total. The number of rotatable bonds is 2. The first-order valence-electron chi connectivity index (χ1n) is 4.87. The molecule has 1 heterocycles. The van der Waals surface area contributed by atoms with E-state index in [4.69, 9.17) is 28.3 Å². The van der Waals surface area contributed by atoms with Crippen LogP contribution in [0.3, 0.4) is 0 Å². The van der Waals surface area contributed by atoms with E-state index in [0.29, 0.717) is 21.3 Å². The van der Waals surface area contributed by atoms with Crippen molar-refractivity contribution in [1.29, 1.82) is 0 Å². The molecule has 0 radical (unpaired) electrons. The number of aromatic carboxylic acids is 1. The first kappa shape index (κ1) is 12.7. The van der Waals surface area contributed by atoms with E-state index >= 15 is 0 Å². The van der Waals surface area contributed by atoms with Crippen LogP contribution in [0.2, 0.25) is 10.0 Å². The summed E-state index contributed by atoms with van der Waals surface area (Å²) < 4.78 is 0. The average molecular weight is 284 g/mol. The van der Waals surface area contributed by atoms with E-state index in [2.05, 4.69) is 4.98 Å². The van der Waals surface area contributed by atoms with Gasteiger partial charge in [-0.3, -0.25) is 4.98 Å². The summed E-state index contributed by atoms with van der Waals surface area (Å²) in [6.45, 7) is 0. The van der Waals surface area contributed by atoms with Crippen LogP contribution >= 0.6 is 23.2 Å². The Morgan fingerprint density at radius 1 is 1.22 bits per heavy atom. The van der Waals surface area contributed by atoms with Crippen molar-refractivity contribution in [3.05, 3.63) is 46.1 Å². The highest BCUT2D eigenvalue weighted by Crippen LogP contribution is 2.31. The molecule has 2 aromatic rings. The minimum Gasteiger partial charge on any atom is -0.505 e. The molecular formula is C12H7Cl2NO3. The van der Waals surface area contributed by atoms with Crippen molar-refractivity contribution in [1.82, 2.24) is 4.98 Å². The van der Waals surface area contributed by atoms with E-state index in [-0.39, 0.29) is 5.56 Å². The number of pyridine rings is 1. The molecule has 0 atom stereocenters. The normalized spacial score (nSPS) is 10.3. The fourth-order valence-electron chi connectivity index (χ4n) is 1.46. The van der Waals surface area contributed by atoms with Crippen molar-refractivity contribution >= 4 is 29.2 Å². The van der Waals surface area contributed by atoms with Crippen LogP contribution in [-0.2, 0) is 0 Å². The van der Waals surface area contributed by atoms with Gasteiger partial charge in [0.15, 0.2) is 0 Å². The Bertz CT molecular complexity index is 629. The van der Waals surface area contributed by atoms with E-state index < -0.39 is 11.7 Å². The summed E-state index contributed by atoms with van der Waals surface area (Å²) in [7, 11) is 0. The lowest BCUT2D eigenvalue weighted by atomic mass is 10.1. The van der Waals surface area contributed by atoms with E-state index in [1.54, 1.807) is 12.1 Å². The van der Waals surface area contributed by atoms with Gasteiger partial charge in [0, 0.05) is 10.6 Å². The molecule has 18 heavy (non-hydrogen) atoms. The maximum atomic E-state index is 10.9. The molecule has 0 aliphatic rings. The highest BCUT2D eigenvalue weighted by molar-refractivity contribution is 6.36. The molecule has 0 amide bonds. The van der Waals surface area contributed by atoms with Gasteiger partial charge >= 0.3 is 5.97 Å². The molecule has 0 saturated carbocycles. The number of hydrogen-bond acceptors (Lipinski definition) is 3. The summed E-state index contributed by atoms with van der Waals surface area (Å²) in [4.78, 5) is 14.8. The number of carboxylic acids is 1. The van der Waals surface area contributed by atoms with Gasteiger partial charge in [0.05, 0.1) is 16.9 Å². The molecule has 6 heteroatoms. The van der Waals surface area contributed by atoms with Crippen molar-refractivity contribution in [3.8, 4) is 17.0 Å². The number of carboxylic acid groups (broad SMARTS) is 1. The third-order valence-electron chi connectivity index (χ3n) is 2.32. The summed E-state index contributed by atoms with van der Waals surface area (Å²) in [5, 5.41) is 19.1. The third-order valence-corrected chi connectivity index (χ3v) is 2.87. The lowest BCUT2D eigenvalue weighted by Gasteiger charge is -2.06. The largest absolute Gasteiger partial charge is 0.505 e. The Morgan fingerprint density at radius 2 is 1.94 bits per heavy atom. The molecule has 92 valence electrons. The average Bonchev–Trinajstić information content (AvgIpc) is 2.30. The van der Waals surface area contributed by atoms with Crippen LogP contribution in [0.5, 0.6) is 5.75 Å². The molecular weight excluding hydrogens is 277 g/mol. The predicted octanol–water partition coefficient (Wildman–Crippen LogP) is 3.46. The van der Waals surface area contributed by atoms with Gasteiger partial charge in [-0.1, -0.05) is 23.2 Å². The molecule has 0 bridgehead atoms. The molecule has 1 aromatic heterocycles. The van der Waals surface area contributed by atoms with E-state index in [9.17, 15) is 9.90 Å². The lowest BCUT2D eigenvalue weighted by Crippen LogP contribution is -1.98. The van der Waals surface area contributed by atoms with Crippen LogP contribution in [0.15, 0.2) is 30.5 Å². The minimum absolute atomic E-state index is 0.231. The maximum absolute atomic E-state index is 10.9. The Hall–Kier alpha value is -1.78. The summed E-state index contributed by atoms with van der Waals surface area (Å²) in [6, 6.07) is 6.05. The highest BCUT2D eigenvalue weighted by atomic mass is 35.5. The molecule has 0 aliphatic heterocycles. The number of nitrogens with zero attached hydrogens (tertiary/aromatic N) is 1. The SMILES string of the molecule is O=C(O)c1cc(-c2ccc(Cl)cc2Cl)ncc1O. The zero-order valence-electron chi connectivity index (χ0n) is 8.89. The van der Waals surface area contributed by atoms with E-state index in [0.717, 1.165) is 6.20 Å². The van der Waals surface area contributed by atoms with Crippen LogP contribution in [-0.4, -0.2) is 21.2 Å². The Balaban J connectivity index is 2.58. The molecule has 2 rings (SSSR count). The quantitative estimate of drug-likeness (QED) is 0.886. The van der Waals surface area contributed by atoms with Crippen molar-refractivity contribution in [2.24, 2.45) is 0 Å². The fourth-order valence-corrected chi connectivity index (χ4v) is 1.97. The van der Waals surface area contributed by atoms with E-state index in [1.807, 2.05) is 0 Å². The first-order chi connectivity index (χ1) is 8.49. The summed E-state index contributed by atoms with van der Waals surface area (Å²) in [6.07, 6.45) is 1.07. The zero-order chi connectivity index (χ0) is 13.3. The molecule has 1 aromatic carbocycles. The van der Waals surface area contributed by atoms with Crippen LogP contribution in [0.1, 0.15) is 10.4 Å². The van der Waals surface area contributed by atoms with Gasteiger partial charge in [-0.15, -0.1) is 0 Å². The van der Waals surface area contributed by atoms with Gasteiger partial charge in [-0.05, 0) is 24.3 Å². The van der Waals surface area contributed by atoms with Gasteiger partial charge < -0.3 is 10.2 Å². The lowest BCUT2D eigenvalue weighted by molar-refractivity contribution is 0.0693. The van der Waals surface area contributed by atoms with Crippen LogP contribution in [0.4, 0.5) is 0 Å². The monoisotopic (exact) mass is 283 g/mol. The molecule has 4 nitrogen and oxygen atoms in total. The first-order valence-corrected chi connectivity index (χ1v) is 5.62. The van der Waals surface area contributed by atoms with Crippen LogP contribution < -0.4 is 0 Å². The van der Waals surface area contributed by atoms with E-state index in [1.165, 1.54) is 12.1 Å². The number of carbonyl (C=O) groups is 1. The number of aromatic hydroxyl groups is 1. The van der Waals surface area contributed by atoms with Gasteiger partial charge in [-0.2, -0.15) is 0 Å². The topological polar surface area (TPSA) is 70.4 Å². The molecule has 0 saturated heterocycles. The zero-order valence-corrected chi connectivity index (χ0v) is 10.4. The van der Waals surface area contributed by atoms with Gasteiger partial charge in [0.25, 0.3) is 0 Å². The fraction of sp³-hybridized carbons (Fsp3) is 0. The second-order valence-electron chi connectivity index (χ2n) is 3.52. The van der Waals surface area contributed by atoms with Gasteiger partial charge in [-0.25, -0.2) is 4.79 Å². The smallest absolute Gasteiger partial charge is 0.339 e. The minimum atomic E-state index is -1.23. The Labute approximate surface area is 112 Å². The van der Waals surface area contributed by atoms with Gasteiger partial charge in [0.1, 0.15) is 11.3 Å². The van der Waals surface area contributed by atoms with Crippen LogP contribution in [0, 0.1) is 0 Å². The second kappa shape index (κ2) is 4.84. The maximum Gasteiger partial charge on any atom is 0.339 e. The Kier molecular flexibility index (Phi) is 3.41. The third kappa shape index (κ3) is 2.39. The molecule has 0 aliphatic carbocycles. The number of benzene rings is 1. The molecule has 0 spiro atoms. The van der Waals surface area contributed by atoms with Crippen LogP contribution in [0.25, 0.3) is 11.3 Å². The molecule has 0 unspecified atom stereocenters. The highest BCUT2D eigenvalue weighted by Gasteiger charge is 2.13. The summed E-state index contributed by atoms with van der Waals surface area (Å²) in [5.41, 5.74) is 0.668. The predicted molar refractivity (Wildman–Crippen MR) is 68.3 cm³/mol. The molecule has 0 fully saturated rings. The summed E-state index contributed by atoms with van der Waals surface area (Å²) >= 11 is 11.8. The van der Waals surface area contributed by atoms with Crippen molar-refractivity contribution in [3.63, 3.8) is 0 Å². The second-order valence-corrected chi connectivity index (χ2v) is 4.36. The van der Waals surface area contributed by atoms with Crippen molar-refractivity contribution in [2.45, 2.75) is 0 Å². The Morgan fingerprint density at radius 3 is 2.56 bits per heavy atom. The number of hydrogen-bond donors (Lipinski definition) is 2. The van der Waals surface area contributed by atoms with Crippen molar-refractivity contribution in [2.75, 3.05) is 0 Å². The number of aromatic nitrogens is 1. The van der Waals surface area contributed by atoms with Gasteiger partial charge in [0.2, 0.25) is 0 Å². The number of halogens is 2. The standard InChI is InChI=1S/C12H7Cl2NO3/c13-6-1-2-7(9(14)3-6)10-4-8(12(17)18)11(16)5-15-10/h1-5,16H,(H,17,18). The summed E-state index contributed by atoms with van der Waals surface area (Å²) in [5.74, 6) is -1.63.